The van der Waals surface area contributed by atoms with Gasteiger partial charge in [-0.25, -0.2) is 0 Å². The van der Waals surface area contributed by atoms with Crippen molar-refractivity contribution >= 4 is 0 Å². The van der Waals surface area contributed by atoms with E-state index in [1.807, 2.05) is 12.1 Å². The van der Waals surface area contributed by atoms with E-state index in [2.05, 4.69) is 24.1 Å². The predicted octanol–water partition coefficient (Wildman–Crippen LogP) is 1.91. The molecule has 1 aromatic rings. The zero-order chi connectivity index (χ0) is 17.5. The van der Waals surface area contributed by atoms with Crippen molar-refractivity contribution in [2.45, 2.75) is 32.6 Å². The summed E-state index contributed by atoms with van der Waals surface area (Å²) in [5.41, 5.74) is 1.10. The van der Waals surface area contributed by atoms with Crippen LogP contribution >= 0.6 is 0 Å². The molecular weight excluding hydrogens is 308 g/mol. The third-order valence-corrected chi connectivity index (χ3v) is 4.15. The Hall–Kier alpha value is -1.50. The minimum atomic E-state index is 0.309. The summed E-state index contributed by atoms with van der Waals surface area (Å²) in [5, 5.41) is 3.48. The van der Waals surface area contributed by atoms with Crippen molar-refractivity contribution in [1.82, 2.24) is 10.2 Å². The first kappa shape index (κ1) is 18.8. The lowest BCUT2D eigenvalue weighted by molar-refractivity contribution is -0.0674. The Balaban J connectivity index is 1.86. The fourth-order valence-corrected chi connectivity index (χ4v) is 3.17. The summed E-state index contributed by atoms with van der Waals surface area (Å²) in [7, 11) is 4.88. The van der Waals surface area contributed by atoms with Gasteiger partial charge in [-0.1, -0.05) is 0 Å². The van der Waals surface area contributed by atoms with E-state index in [0.717, 1.165) is 38.3 Å². The van der Waals surface area contributed by atoms with Crippen LogP contribution < -0.4 is 19.5 Å². The molecule has 1 aromatic carbocycles. The van der Waals surface area contributed by atoms with Crippen molar-refractivity contribution in [2.75, 3.05) is 47.5 Å². The summed E-state index contributed by atoms with van der Waals surface area (Å²) < 4.78 is 21.9. The van der Waals surface area contributed by atoms with Crippen molar-refractivity contribution in [1.29, 1.82) is 0 Å². The Labute approximate surface area is 145 Å². The van der Waals surface area contributed by atoms with E-state index < -0.39 is 0 Å². The van der Waals surface area contributed by atoms with E-state index in [-0.39, 0.29) is 0 Å². The monoisotopic (exact) mass is 338 g/mol. The van der Waals surface area contributed by atoms with Gasteiger partial charge in [0.25, 0.3) is 0 Å². The predicted molar refractivity (Wildman–Crippen MR) is 94.3 cm³/mol. The van der Waals surface area contributed by atoms with Crippen LogP contribution in [0.25, 0.3) is 0 Å². The molecule has 0 aliphatic carbocycles. The van der Waals surface area contributed by atoms with Crippen molar-refractivity contribution in [3.05, 3.63) is 17.7 Å². The van der Waals surface area contributed by atoms with Crippen molar-refractivity contribution in [3.8, 4) is 17.2 Å². The minimum Gasteiger partial charge on any atom is -0.493 e. The smallest absolute Gasteiger partial charge is 0.203 e. The molecule has 136 valence electrons. The lowest BCUT2D eigenvalue weighted by Gasteiger charge is -2.35. The van der Waals surface area contributed by atoms with E-state index >= 15 is 0 Å². The lowest BCUT2D eigenvalue weighted by Crippen LogP contribution is -2.47. The molecule has 0 spiro atoms. The highest BCUT2D eigenvalue weighted by molar-refractivity contribution is 5.53. The van der Waals surface area contributed by atoms with Gasteiger partial charge < -0.3 is 24.3 Å². The maximum absolute atomic E-state index is 5.76. The van der Waals surface area contributed by atoms with E-state index in [9.17, 15) is 0 Å². The van der Waals surface area contributed by atoms with Crippen molar-refractivity contribution in [2.24, 2.45) is 0 Å². The number of ether oxygens (including phenoxy) is 4. The molecule has 1 aliphatic rings. The molecule has 0 aromatic heterocycles. The van der Waals surface area contributed by atoms with Gasteiger partial charge in [-0.05, 0) is 31.5 Å². The molecule has 0 saturated carbocycles. The SMILES string of the molecule is COc1cc(CNCCN2C[C@H](C)O[C@@H](C)C2)cc(OC)c1OC. The molecule has 2 rings (SSSR count). The number of hydrogen-bond donors (Lipinski definition) is 1. The molecule has 6 heteroatoms. The van der Waals surface area contributed by atoms with Crippen molar-refractivity contribution < 1.29 is 18.9 Å². The summed E-state index contributed by atoms with van der Waals surface area (Å²) >= 11 is 0. The largest absolute Gasteiger partial charge is 0.493 e. The maximum atomic E-state index is 5.76. The number of nitrogens with one attached hydrogen (secondary N) is 1. The van der Waals surface area contributed by atoms with Gasteiger partial charge in [-0.2, -0.15) is 0 Å². The van der Waals surface area contributed by atoms with Crippen LogP contribution in [0.5, 0.6) is 17.2 Å². The molecule has 1 fully saturated rings. The van der Waals surface area contributed by atoms with Gasteiger partial charge in [0.1, 0.15) is 0 Å². The van der Waals surface area contributed by atoms with Crippen LogP contribution in [0.4, 0.5) is 0 Å². The second-order valence-electron chi connectivity index (χ2n) is 6.23. The molecule has 1 heterocycles. The highest BCUT2D eigenvalue weighted by atomic mass is 16.5. The summed E-state index contributed by atoms with van der Waals surface area (Å²) in [6.07, 6.45) is 0.618. The molecule has 0 unspecified atom stereocenters. The Morgan fingerprint density at radius 2 is 1.62 bits per heavy atom. The average molecular weight is 338 g/mol. The maximum Gasteiger partial charge on any atom is 0.203 e. The van der Waals surface area contributed by atoms with Crippen LogP contribution in [0.2, 0.25) is 0 Å². The summed E-state index contributed by atoms with van der Waals surface area (Å²) in [6.45, 7) is 8.95. The molecule has 2 atom stereocenters. The van der Waals surface area contributed by atoms with E-state index in [4.69, 9.17) is 18.9 Å². The third kappa shape index (κ3) is 5.00. The summed E-state index contributed by atoms with van der Waals surface area (Å²) in [5.74, 6) is 1.99. The van der Waals surface area contributed by atoms with Crippen LogP contribution in [0.1, 0.15) is 19.4 Å². The minimum absolute atomic E-state index is 0.309. The van der Waals surface area contributed by atoms with E-state index in [1.165, 1.54) is 0 Å². The zero-order valence-electron chi connectivity index (χ0n) is 15.4. The molecule has 1 N–H and O–H groups in total. The normalized spacial score (nSPS) is 21.5. The van der Waals surface area contributed by atoms with Gasteiger partial charge in [0.2, 0.25) is 5.75 Å². The number of morpholine rings is 1. The second-order valence-corrected chi connectivity index (χ2v) is 6.23. The van der Waals surface area contributed by atoms with Crippen LogP contribution in [-0.2, 0) is 11.3 Å². The Bertz CT molecular complexity index is 489. The van der Waals surface area contributed by atoms with Gasteiger partial charge in [-0.3, -0.25) is 4.90 Å². The number of benzene rings is 1. The molecule has 1 saturated heterocycles. The molecule has 0 bridgehead atoms. The van der Waals surface area contributed by atoms with E-state index in [1.54, 1.807) is 21.3 Å². The first-order chi connectivity index (χ1) is 11.6. The number of hydrogen-bond acceptors (Lipinski definition) is 6. The molecule has 0 amide bonds. The van der Waals surface area contributed by atoms with Gasteiger partial charge in [0.05, 0.1) is 33.5 Å². The van der Waals surface area contributed by atoms with Crippen molar-refractivity contribution in [3.63, 3.8) is 0 Å². The Morgan fingerprint density at radius 3 is 2.12 bits per heavy atom. The molecular formula is C18H30N2O4. The first-order valence-corrected chi connectivity index (χ1v) is 8.44. The summed E-state index contributed by atoms with van der Waals surface area (Å²) in [4.78, 5) is 2.45. The fraction of sp³-hybridized carbons (Fsp3) is 0.667. The Kier molecular flexibility index (Phi) is 7.15. The molecule has 6 nitrogen and oxygen atoms in total. The molecule has 0 radical (unpaired) electrons. The Morgan fingerprint density at radius 1 is 1.04 bits per heavy atom. The number of rotatable bonds is 8. The van der Waals surface area contributed by atoms with Crippen LogP contribution in [0.15, 0.2) is 12.1 Å². The highest BCUT2D eigenvalue weighted by Gasteiger charge is 2.21. The van der Waals surface area contributed by atoms with Crippen LogP contribution in [-0.4, -0.2) is 64.6 Å². The first-order valence-electron chi connectivity index (χ1n) is 8.44. The highest BCUT2D eigenvalue weighted by Crippen LogP contribution is 2.38. The zero-order valence-corrected chi connectivity index (χ0v) is 15.4. The number of nitrogens with zero attached hydrogens (tertiary/aromatic N) is 1. The van der Waals surface area contributed by atoms with Gasteiger partial charge in [-0.15, -0.1) is 0 Å². The molecule has 1 aliphatic heterocycles. The van der Waals surface area contributed by atoms with Gasteiger partial charge in [0.15, 0.2) is 11.5 Å². The van der Waals surface area contributed by atoms with Crippen LogP contribution in [0, 0.1) is 0 Å². The average Bonchev–Trinajstić information content (AvgIpc) is 2.56. The lowest BCUT2D eigenvalue weighted by atomic mass is 10.1. The topological polar surface area (TPSA) is 52.2 Å². The quantitative estimate of drug-likeness (QED) is 0.731. The number of methoxy groups -OCH3 is 3. The standard InChI is InChI=1S/C18H30N2O4/c1-13-11-20(12-14(2)24-13)7-6-19-10-15-8-16(21-3)18(23-5)17(9-15)22-4/h8-9,13-14,19H,6-7,10-12H2,1-5H3/t13-,14-/m0/s1. The molecule has 24 heavy (non-hydrogen) atoms. The second kappa shape index (κ2) is 9.11. The fourth-order valence-electron chi connectivity index (χ4n) is 3.17. The van der Waals surface area contributed by atoms with Gasteiger partial charge >= 0.3 is 0 Å². The van der Waals surface area contributed by atoms with Gasteiger partial charge in [0, 0.05) is 32.7 Å². The van der Waals surface area contributed by atoms with E-state index in [0.29, 0.717) is 29.5 Å². The summed E-state index contributed by atoms with van der Waals surface area (Å²) in [6, 6.07) is 3.96. The third-order valence-electron chi connectivity index (χ3n) is 4.15. The van der Waals surface area contributed by atoms with Crippen LogP contribution in [0.3, 0.4) is 0 Å².